The smallest absolute Gasteiger partial charge is 0.234 e. The molecular weight excluding hydrogens is 342 g/mol. The first-order chi connectivity index (χ1) is 12.6. The Morgan fingerprint density at radius 2 is 1.96 bits per heavy atom. The van der Waals surface area contributed by atoms with Gasteiger partial charge in [-0.05, 0) is 35.7 Å². The van der Waals surface area contributed by atoms with Gasteiger partial charge < -0.3 is 9.88 Å². The summed E-state index contributed by atoms with van der Waals surface area (Å²) in [5, 5.41) is 3.78. The number of amides is 1. The molecule has 1 amide bonds. The van der Waals surface area contributed by atoms with E-state index in [1.54, 1.807) is 0 Å². The summed E-state index contributed by atoms with van der Waals surface area (Å²) in [6.45, 7) is 8.79. The van der Waals surface area contributed by atoms with Gasteiger partial charge in [0.1, 0.15) is 0 Å². The molecule has 1 N–H and O–H groups in total. The van der Waals surface area contributed by atoms with Gasteiger partial charge in [-0.3, -0.25) is 4.79 Å². The van der Waals surface area contributed by atoms with Crippen molar-refractivity contribution in [2.45, 2.75) is 31.5 Å². The molecule has 0 spiro atoms. The summed E-state index contributed by atoms with van der Waals surface area (Å²) in [6, 6.07) is 16.0. The Balaban J connectivity index is 1.66. The highest BCUT2D eigenvalue weighted by Gasteiger charge is 2.12. The lowest BCUT2D eigenvalue weighted by Crippen LogP contribution is -2.14. The lowest BCUT2D eigenvalue weighted by Gasteiger charge is -2.09. The number of anilines is 1. The highest BCUT2D eigenvalue weighted by atomic mass is 32.2. The van der Waals surface area contributed by atoms with Crippen molar-refractivity contribution >= 4 is 34.4 Å². The Labute approximate surface area is 158 Å². The van der Waals surface area contributed by atoms with Gasteiger partial charge in [-0.15, -0.1) is 6.58 Å². The summed E-state index contributed by atoms with van der Waals surface area (Å²) in [6.07, 6.45) is 1.84. The molecule has 5 heteroatoms. The molecule has 2 aromatic carbocycles. The molecule has 0 unspecified atom stereocenters. The maximum Gasteiger partial charge on any atom is 0.234 e. The standard InChI is InChI=1S/C21H23N3OS/c1-4-13-24-19-8-6-5-7-18(19)23-21(24)26-14-20(25)22-17-11-9-16(10-12-17)15(2)3/h4-12,15H,1,13-14H2,2-3H3,(H,22,25). The maximum atomic E-state index is 12.3. The first-order valence-electron chi connectivity index (χ1n) is 8.67. The van der Waals surface area contributed by atoms with Crippen LogP contribution >= 0.6 is 11.8 Å². The second-order valence-corrected chi connectivity index (χ2v) is 7.34. The molecule has 0 saturated carbocycles. The lowest BCUT2D eigenvalue weighted by atomic mass is 10.0. The minimum atomic E-state index is -0.0375. The summed E-state index contributed by atoms with van der Waals surface area (Å²) in [5.74, 6) is 0.754. The van der Waals surface area contributed by atoms with E-state index in [4.69, 9.17) is 0 Å². The van der Waals surface area contributed by atoms with Gasteiger partial charge in [0.2, 0.25) is 5.91 Å². The molecule has 0 radical (unpaired) electrons. The summed E-state index contributed by atoms with van der Waals surface area (Å²) in [7, 11) is 0. The number of imidazole rings is 1. The fraction of sp³-hybridized carbons (Fsp3) is 0.238. The molecule has 134 valence electrons. The van der Waals surface area contributed by atoms with Crippen molar-refractivity contribution in [3.8, 4) is 0 Å². The molecule has 3 rings (SSSR count). The third-order valence-corrected chi connectivity index (χ3v) is 5.10. The largest absolute Gasteiger partial charge is 0.325 e. The molecule has 3 aromatic rings. The summed E-state index contributed by atoms with van der Waals surface area (Å²) >= 11 is 1.44. The molecule has 0 aliphatic heterocycles. The monoisotopic (exact) mass is 365 g/mol. The number of nitrogens with one attached hydrogen (secondary N) is 1. The van der Waals surface area contributed by atoms with E-state index in [0.717, 1.165) is 21.9 Å². The van der Waals surface area contributed by atoms with Crippen molar-refractivity contribution in [3.63, 3.8) is 0 Å². The number of para-hydroxylation sites is 2. The summed E-state index contributed by atoms with van der Waals surface area (Å²) in [4.78, 5) is 16.9. The van der Waals surface area contributed by atoms with Crippen LogP contribution in [0.4, 0.5) is 5.69 Å². The van der Waals surface area contributed by atoms with Gasteiger partial charge in [0.25, 0.3) is 0 Å². The Hall–Kier alpha value is -2.53. The average Bonchev–Trinajstić information content (AvgIpc) is 2.99. The Morgan fingerprint density at radius 1 is 1.23 bits per heavy atom. The Morgan fingerprint density at radius 3 is 2.65 bits per heavy atom. The highest BCUT2D eigenvalue weighted by molar-refractivity contribution is 7.99. The normalized spacial score (nSPS) is 11.0. The zero-order chi connectivity index (χ0) is 18.5. The van der Waals surface area contributed by atoms with Crippen LogP contribution in [0.25, 0.3) is 11.0 Å². The zero-order valence-electron chi connectivity index (χ0n) is 15.1. The molecule has 1 heterocycles. The molecule has 1 aromatic heterocycles. The topological polar surface area (TPSA) is 46.9 Å². The van der Waals surface area contributed by atoms with Gasteiger partial charge in [-0.1, -0.05) is 56.0 Å². The van der Waals surface area contributed by atoms with E-state index in [1.807, 2.05) is 42.5 Å². The van der Waals surface area contributed by atoms with E-state index >= 15 is 0 Å². The van der Waals surface area contributed by atoms with Crippen LogP contribution in [0.5, 0.6) is 0 Å². The Kier molecular flexibility index (Phi) is 5.78. The van der Waals surface area contributed by atoms with Crippen molar-refractivity contribution in [2.75, 3.05) is 11.1 Å². The lowest BCUT2D eigenvalue weighted by molar-refractivity contribution is -0.113. The minimum absolute atomic E-state index is 0.0375. The van der Waals surface area contributed by atoms with Gasteiger partial charge in [0.15, 0.2) is 5.16 Å². The number of benzene rings is 2. The summed E-state index contributed by atoms with van der Waals surface area (Å²) in [5.41, 5.74) is 4.07. The van der Waals surface area contributed by atoms with Crippen LogP contribution in [0.2, 0.25) is 0 Å². The number of carbonyl (C=O) groups excluding carboxylic acids is 1. The molecule has 0 bridgehead atoms. The molecule has 0 aliphatic carbocycles. The van der Waals surface area contributed by atoms with Crippen molar-refractivity contribution in [2.24, 2.45) is 0 Å². The third kappa shape index (κ3) is 4.17. The number of hydrogen-bond donors (Lipinski definition) is 1. The molecular formula is C21H23N3OS. The van der Waals surface area contributed by atoms with Crippen LogP contribution in [0.15, 0.2) is 66.3 Å². The van der Waals surface area contributed by atoms with E-state index in [2.05, 4.69) is 47.4 Å². The molecule has 0 fully saturated rings. The molecule has 26 heavy (non-hydrogen) atoms. The second-order valence-electron chi connectivity index (χ2n) is 6.40. The third-order valence-electron chi connectivity index (χ3n) is 4.12. The van der Waals surface area contributed by atoms with Crippen LogP contribution in [0, 0.1) is 0 Å². The quantitative estimate of drug-likeness (QED) is 0.469. The van der Waals surface area contributed by atoms with E-state index < -0.39 is 0 Å². The van der Waals surface area contributed by atoms with E-state index in [0.29, 0.717) is 18.2 Å². The van der Waals surface area contributed by atoms with Gasteiger partial charge in [0, 0.05) is 12.2 Å². The van der Waals surface area contributed by atoms with E-state index in [-0.39, 0.29) is 5.91 Å². The fourth-order valence-corrected chi connectivity index (χ4v) is 3.57. The van der Waals surface area contributed by atoms with Crippen molar-refractivity contribution in [1.29, 1.82) is 0 Å². The molecule has 0 saturated heterocycles. The predicted molar refractivity (Wildman–Crippen MR) is 110 cm³/mol. The second kappa shape index (κ2) is 8.23. The van der Waals surface area contributed by atoms with Crippen LogP contribution < -0.4 is 5.32 Å². The van der Waals surface area contributed by atoms with Crippen LogP contribution in [0.1, 0.15) is 25.3 Å². The van der Waals surface area contributed by atoms with Crippen LogP contribution in [0.3, 0.4) is 0 Å². The number of hydrogen-bond acceptors (Lipinski definition) is 3. The maximum absolute atomic E-state index is 12.3. The molecule has 0 aliphatic rings. The van der Waals surface area contributed by atoms with Crippen LogP contribution in [-0.4, -0.2) is 21.2 Å². The van der Waals surface area contributed by atoms with E-state index in [9.17, 15) is 4.79 Å². The van der Waals surface area contributed by atoms with Gasteiger partial charge >= 0.3 is 0 Å². The molecule has 0 atom stereocenters. The number of carbonyl (C=O) groups is 1. The SMILES string of the molecule is C=CCn1c(SCC(=O)Nc2ccc(C(C)C)cc2)nc2ccccc21. The first-order valence-corrected chi connectivity index (χ1v) is 9.66. The number of aromatic nitrogens is 2. The molecule has 4 nitrogen and oxygen atoms in total. The number of rotatable bonds is 7. The predicted octanol–water partition coefficient (Wildman–Crippen LogP) is 5.08. The highest BCUT2D eigenvalue weighted by Crippen LogP contribution is 2.24. The zero-order valence-corrected chi connectivity index (χ0v) is 15.9. The fourth-order valence-electron chi connectivity index (χ4n) is 2.75. The van der Waals surface area contributed by atoms with Crippen LogP contribution in [-0.2, 0) is 11.3 Å². The first kappa shape index (κ1) is 18.3. The Bertz CT molecular complexity index is 913. The van der Waals surface area contributed by atoms with Gasteiger partial charge in [-0.2, -0.15) is 0 Å². The number of thioether (sulfide) groups is 1. The van der Waals surface area contributed by atoms with E-state index in [1.165, 1.54) is 17.3 Å². The summed E-state index contributed by atoms with van der Waals surface area (Å²) < 4.78 is 2.08. The minimum Gasteiger partial charge on any atom is -0.325 e. The number of allylic oxidation sites excluding steroid dienone is 1. The number of nitrogens with zero attached hydrogens (tertiary/aromatic N) is 2. The van der Waals surface area contributed by atoms with Gasteiger partial charge in [-0.25, -0.2) is 4.98 Å². The van der Waals surface area contributed by atoms with Crippen molar-refractivity contribution < 1.29 is 4.79 Å². The van der Waals surface area contributed by atoms with Crippen molar-refractivity contribution in [1.82, 2.24) is 9.55 Å². The van der Waals surface area contributed by atoms with Gasteiger partial charge in [0.05, 0.1) is 16.8 Å². The van der Waals surface area contributed by atoms with Crippen molar-refractivity contribution in [3.05, 3.63) is 66.7 Å². The number of fused-ring (bicyclic) bond motifs is 1. The average molecular weight is 366 g/mol.